The Labute approximate surface area is 94.2 Å². The summed E-state index contributed by atoms with van der Waals surface area (Å²) in [7, 11) is 1.85. The molecule has 0 aliphatic carbocycles. The van der Waals surface area contributed by atoms with Crippen molar-refractivity contribution in [2.45, 2.75) is 6.42 Å². The Morgan fingerprint density at radius 2 is 2.19 bits per heavy atom. The first-order valence-corrected chi connectivity index (χ1v) is 5.17. The molecule has 1 aromatic carbocycles. The third-order valence-electron chi connectivity index (χ3n) is 1.97. The molecule has 0 fully saturated rings. The van der Waals surface area contributed by atoms with Crippen LogP contribution in [-0.2, 0) is 0 Å². The number of hydrogen-bond acceptors (Lipinski definition) is 2. The van der Waals surface area contributed by atoms with Crippen LogP contribution in [0, 0.1) is 5.82 Å². The van der Waals surface area contributed by atoms with Crippen molar-refractivity contribution in [1.29, 1.82) is 0 Å². The summed E-state index contributed by atoms with van der Waals surface area (Å²) in [6.45, 7) is 1.43. The van der Waals surface area contributed by atoms with E-state index in [1.54, 1.807) is 12.1 Å². The zero-order chi connectivity index (χ0) is 11.8. The lowest BCUT2D eigenvalue weighted by Gasteiger charge is -2.07. The molecule has 0 bridgehead atoms. The van der Waals surface area contributed by atoms with Crippen molar-refractivity contribution in [2.75, 3.05) is 25.5 Å². The summed E-state index contributed by atoms with van der Waals surface area (Å²) in [6, 6.07) is 5.47. The molecule has 88 valence electrons. The van der Waals surface area contributed by atoms with Gasteiger partial charge in [0.1, 0.15) is 5.82 Å². The number of nitrogens with one attached hydrogen (secondary N) is 3. The molecule has 1 rings (SSSR count). The fourth-order valence-corrected chi connectivity index (χ4v) is 1.21. The number of halogens is 1. The average Bonchev–Trinajstić information content (AvgIpc) is 2.24. The molecule has 0 aromatic heterocycles. The minimum Gasteiger partial charge on any atom is -0.338 e. The molecule has 0 radical (unpaired) electrons. The number of anilines is 1. The van der Waals surface area contributed by atoms with Crippen molar-refractivity contribution in [1.82, 2.24) is 10.6 Å². The number of hydrogen-bond donors (Lipinski definition) is 3. The van der Waals surface area contributed by atoms with E-state index in [1.165, 1.54) is 12.1 Å². The molecule has 5 heteroatoms. The van der Waals surface area contributed by atoms with E-state index in [9.17, 15) is 9.18 Å². The highest BCUT2D eigenvalue weighted by atomic mass is 19.1. The second kappa shape index (κ2) is 6.79. The Bertz CT molecular complexity index is 344. The lowest BCUT2D eigenvalue weighted by molar-refractivity contribution is 0.252. The smallest absolute Gasteiger partial charge is 0.319 e. The Balaban J connectivity index is 2.29. The third-order valence-corrected chi connectivity index (χ3v) is 1.97. The first kappa shape index (κ1) is 12.4. The van der Waals surface area contributed by atoms with Crippen LogP contribution in [0.1, 0.15) is 6.42 Å². The summed E-state index contributed by atoms with van der Waals surface area (Å²) >= 11 is 0. The molecule has 16 heavy (non-hydrogen) atoms. The molecule has 3 N–H and O–H groups in total. The van der Waals surface area contributed by atoms with Gasteiger partial charge < -0.3 is 16.0 Å². The Morgan fingerprint density at radius 3 is 2.88 bits per heavy atom. The molecule has 0 heterocycles. The molecule has 0 atom stereocenters. The SMILES string of the molecule is CNCCCNC(=O)Nc1cccc(F)c1. The number of carbonyl (C=O) groups is 1. The Morgan fingerprint density at radius 1 is 1.38 bits per heavy atom. The Kier molecular flexibility index (Phi) is 5.28. The van der Waals surface area contributed by atoms with Gasteiger partial charge in [-0.25, -0.2) is 9.18 Å². The summed E-state index contributed by atoms with van der Waals surface area (Å²) < 4.78 is 12.8. The van der Waals surface area contributed by atoms with Gasteiger partial charge in [0.25, 0.3) is 0 Å². The van der Waals surface area contributed by atoms with Crippen LogP contribution in [0.2, 0.25) is 0 Å². The van der Waals surface area contributed by atoms with E-state index in [4.69, 9.17) is 0 Å². The fraction of sp³-hybridized carbons (Fsp3) is 0.364. The van der Waals surface area contributed by atoms with Gasteiger partial charge in [0, 0.05) is 12.2 Å². The topological polar surface area (TPSA) is 53.2 Å². The molecule has 0 aliphatic rings. The molecule has 1 aromatic rings. The van der Waals surface area contributed by atoms with E-state index in [0.29, 0.717) is 12.2 Å². The fourth-order valence-electron chi connectivity index (χ4n) is 1.21. The zero-order valence-electron chi connectivity index (χ0n) is 9.22. The summed E-state index contributed by atoms with van der Waals surface area (Å²) in [5.41, 5.74) is 0.450. The van der Waals surface area contributed by atoms with Crippen LogP contribution in [0.25, 0.3) is 0 Å². The summed E-state index contributed by atoms with van der Waals surface area (Å²) in [5, 5.41) is 8.20. The molecule has 2 amide bonds. The molecular formula is C11H16FN3O. The molecule has 0 saturated carbocycles. The van der Waals surface area contributed by atoms with Gasteiger partial charge in [0.05, 0.1) is 0 Å². The van der Waals surface area contributed by atoms with Crippen molar-refractivity contribution in [2.24, 2.45) is 0 Å². The normalized spacial score (nSPS) is 9.88. The highest BCUT2D eigenvalue weighted by Crippen LogP contribution is 2.08. The van der Waals surface area contributed by atoms with Crippen molar-refractivity contribution >= 4 is 11.7 Å². The van der Waals surface area contributed by atoms with E-state index in [0.717, 1.165) is 13.0 Å². The van der Waals surface area contributed by atoms with Crippen molar-refractivity contribution in [3.8, 4) is 0 Å². The first-order valence-electron chi connectivity index (χ1n) is 5.17. The summed E-state index contributed by atoms with van der Waals surface area (Å²) in [5.74, 6) is -0.368. The van der Waals surface area contributed by atoms with Crippen LogP contribution in [0.15, 0.2) is 24.3 Å². The number of amides is 2. The highest BCUT2D eigenvalue weighted by molar-refractivity contribution is 5.89. The largest absolute Gasteiger partial charge is 0.338 e. The summed E-state index contributed by atoms with van der Waals surface area (Å²) in [4.78, 5) is 11.3. The van der Waals surface area contributed by atoms with E-state index in [-0.39, 0.29) is 11.8 Å². The van der Waals surface area contributed by atoms with Gasteiger partial charge in [0.2, 0.25) is 0 Å². The molecule has 0 saturated heterocycles. The van der Waals surface area contributed by atoms with E-state index in [2.05, 4.69) is 16.0 Å². The maximum atomic E-state index is 12.8. The van der Waals surface area contributed by atoms with E-state index < -0.39 is 0 Å². The number of carbonyl (C=O) groups excluding carboxylic acids is 1. The molecule has 0 unspecified atom stereocenters. The standard InChI is InChI=1S/C11H16FN3O/c1-13-6-3-7-14-11(16)15-10-5-2-4-9(12)8-10/h2,4-5,8,13H,3,6-7H2,1H3,(H2,14,15,16). The summed E-state index contributed by atoms with van der Waals surface area (Å²) in [6.07, 6.45) is 0.854. The number of benzene rings is 1. The quantitative estimate of drug-likeness (QED) is 0.666. The predicted molar refractivity (Wildman–Crippen MR) is 62.0 cm³/mol. The van der Waals surface area contributed by atoms with Crippen LogP contribution in [0.3, 0.4) is 0 Å². The van der Waals surface area contributed by atoms with Gasteiger partial charge in [-0.05, 0) is 38.2 Å². The van der Waals surface area contributed by atoms with Crippen LogP contribution >= 0.6 is 0 Å². The highest BCUT2D eigenvalue weighted by Gasteiger charge is 2.00. The molecule has 0 spiro atoms. The second-order valence-corrected chi connectivity index (χ2v) is 3.35. The third kappa shape index (κ3) is 4.75. The molecule has 0 aliphatic heterocycles. The van der Waals surface area contributed by atoms with Gasteiger partial charge in [-0.2, -0.15) is 0 Å². The lowest BCUT2D eigenvalue weighted by Crippen LogP contribution is -2.30. The van der Waals surface area contributed by atoms with Gasteiger partial charge in [0.15, 0.2) is 0 Å². The van der Waals surface area contributed by atoms with E-state index >= 15 is 0 Å². The molecular weight excluding hydrogens is 209 g/mol. The van der Waals surface area contributed by atoms with Crippen molar-refractivity contribution < 1.29 is 9.18 Å². The van der Waals surface area contributed by atoms with Gasteiger partial charge in [-0.3, -0.25) is 0 Å². The maximum Gasteiger partial charge on any atom is 0.319 e. The monoisotopic (exact) mass is 225 g/mol. The number of urea groups is 1. The maximum absolute atomic E-state index is 12.8. The van der Waals surface area contributed by atoms with Gasteiger partial charge >= 0.3 is 6.03 Å². The van der Waals surface area contributed by atoms with Gasteiger partial charge in [-0.15, -0.1) is 0 Å². The molecule has 4 nitrogen and oxygen atoms in total. The second-order valence-electron chi connectivity index (χ2n) is 3.35. The van der Waals surface area contributed by atoms with Crippen molar-refractivity contribution in [3.05, 3.63) is 30.1 Å². The lowest BCUT2D eigenvalue weighted by atomic mass is 10.3. The van der Waals surface area contributed by atoms with Gasteiger partial charge in [-0.1, -0.05) is 6.07 Å². The minimum atomic E-state index is -0.368. The van der Waals surface area contributed by atoms with Crippen LogP contribution in [-0.4, -0.2) is 26.2 Å². The Hall–Kier alpha value is -1.62. The van der Waals surface area contributed by atoms with Crippen molar-refractivity contribution in [3.63, 3.8) is 0 Å². The predicted octanol–water partition coefficient (Wildman–Crippen LogP) is 1.56. The van der Waals surface area contributed by atoms with Crippen LogP contribution in [0.5, 0.6) is 0 Å². The first-order chi connectivity index (χ1) is 7.72. The minimum absolute atomic E-state index is 0.318. The zero-order valence-corrected chi connectivity index (χ0v) is 9.22. The average molecular weight is 225 g/mol. The van der Waals surface area contributed by atoms with Crippen LogP contribution < -0.4 is 16.0 Å². The number of rotatable bonds is 5. The van der Waals surface area contributed by atoms with Crippen LogP contribution in [0.4, 0.5) is 14.9 Å². The van der Waals surface area contributed by atoms with E-state index in [1.807, 2.05) is 7.05 Å².